The highest BCUT2D eigenvalue weighted by Crippen LogP contribution is 2.13. The molecule has 0 aliphatic carbocycles. The van der Waals surface area contributed by atoms with Gasteiger partial charge in [-0.15, -0.1) is 0 Å². The molecule has 2 aromatic heterocycles. The number of imidazole rings is 1. The quantitative estimate of drug-likeness (QED) is 0.825. The minimum Gasteiger partial charge on any atom is -0.347 e. The van der Waals surface area contributed by atoms with Crippen LogP contribution in [0.15, 0.2) is 18.5 Å². The van der Waals surface area contributed by atoms with E-state index in [-0.39, 0.29) is 6.04 Å². The molecule has 1 unspecified atom stereocenters. The van der Waals surface area contributed by atoms with Crippen LogP contribution in [-0.2, 0) is 0 Å². The van der Waals surface area contributed by atoms with Crippen LogP contribution in [0.5, 0.6) is 0 Å². The molecule has 0 aromatic carbocycles. The van der Waals surface area contributed by atoms with E-state index in [4.69, 9.17) is 0 Å². The molecule has 2 aromatic rings. The number of aromatic amines is 1. The van der Waals surface area contributed by atoms with Crippen molar-refractivity contribution in [1.82, 2.24) is 19.9 Å². The van der Waals surface area contributed by atoms with Gasteiger partial charge in [-0.2, -0.15) is 0 Å². The molecule has 0 spiro atoms. The Morgan fingerprint density at radius 1 is 1.25 bits per heavy atom. The van der Waals surface area contributed by atoms with Crippen LogP contribution in [0.3, 0.4) is 0 Å². The van der Waals surface area contributed by atoms with Crippen LogP contribution in [0.4, 0.5) is 5.95 Å². The highest BCUT2D eigenvalue weighted by atomic mass is 15.1. The van der Waals surface area contributed by atoms with Crippen LogP contribution in [-0.4, -0.2) is 19.9 Å². The molecule has 2 N–H and O–H groups in total. The van der Waals surface area contributed by atoms with E-state index in [1.165, 1.54) is 0 Å². The van der Waals surface area contributed by atoms with Gasteiger partial charge in [-0.25, -0.2) is 15.0 Å². The Labute approximate surface area is 94.4 Å². The molecule has 0 radical (unpaired) electrons. The lowest BCUT2D eigenvalue weighted by Gasteiger charge is -2.11. The molecule has 2 rings (SSSR count). The van der Waals surface area contributed by atoms with Gasteiger partial charge in [-0.1, -0.05) is 0 Å². The summed E-state index contributed by atoms with van der Waals surface area (Å²) in [6, 6.07) is 2.01. The van der Waals surface area contributed by atoms with E-state index in [2.05, 4.69) is 25.3 Å². The summed E-state index contributed by atoms with van der Waals surface area (Å²) in [5, 5.41) is 3.21. The first-order valence-corrected chi connectivity index (χ1v) is 5.23. The normalized spacial score (nSPS) is 12.4. The Bertz CT molecular complexity index is 443. The maximum absolute atomic E-state index is 4.32. The second-order valence-electron chi connectivity index (χ2n) is 3.81. The second-order valence-corrected chi connectivity index (χ2v) is 3.81. The maximum atomic E-state index is 4.32. The third-order valence-electron chi connectivity index (χ3n) is 2.26. The topological polar surface area (TPSA) is 66.5 Å². The number of rotatable bonds is 3. The Morgan fingerprint density at radius 3 is 2.50 bits per heavy atom. The van der Waals surface area contributed by atoms with Gasteiger partial charge < -0.3 is 10.3 Å². The number of nitrogens with one attached hydrogen (secondary N) is 2. The fraction of sp³-hybridized carbons (Fsp3) is 0.364. The molecule has 0 fully saturated rings. The third kappa shape index (κ3) is 2.36. The average Bonchev–Trinajstić information content (AvgIpc) is 2.68. The zero-order chi connectivity index (χ0) is 11.5. The van der Waals surface area contributed by atoms with Crippen molar-refractivity contribution in [2.75, 3.05) is 5.32 Å². The van der Waals surface area contributed by atoms with Crippen LogP contribution >= 0.6 is 0 Å². The minimum atomic E-state index is 0.0659. The van der Waals surface area contributed by atoms with Crippen LogP contribution in [0.2, 0.25) is 0 Å². The van der Waals surface area contributed by atoms with E-state index in [1.807, 2.05) is 26.8 Å². The third-order valence-corrected chi connectivity index (χ3v) is 2.26. The van der Waals surface area contributed by atoms with Crippen LogP contribution in [0.1, 0.15) is 30.2 Å². The largest absolute Gasteiger partial charge is 0.347 e. The van der Waals surface area contributed by atoms with Crippen molar-refractivity contribution < 1.29 is 0 Å². The molecule has 0 bridgehead atoms. The van der Waals surface area contributed by atoms with Crippen molar-refractivity contribution in [3.63, 3.8) is 0 Å². The smallest absolute Gasteiger partial charge is 0.223 e. The summed E-state index contributed by atoms with van der Waals surface area (Å²) in [6.45, 7) is 5.93. The van der Waals surface area contributed by atoms with E-state index in [1.54, 1.807) is 12.4 Å². The number of nitrogens with zero attached hydrogens (tertiary/aromatic N) is 3. The standard InChI is InChI=1S/C11H15N5/c1-7-6-8(2)15-11(14-7)16-9(3)10-12-4-5-13-10/h4-6,9H,1-3H3,(H,12,13)(H,14,15,16). The number of hydrogen-bond acceptors (Lipinski definition) is 4. The van der Waals surface area contributed by atoms with E-state index in [9.17, 15) is 0 Å². The molecular weight excluding hydrogens is 202 g/mol. The lowest BCUT2D eigenvalue weighted by atomic mass is 10.3. The van der Waals surface area contributed by atoms with Gasteiger partial charge in [0.15, 0.2) is 0 Å². The zero-order valence-electron chi connectivity index (χ0n) is 9.65. The lowest BCUT2D eigenvalue weighted by Crippen LogP contribution is -2.11. The van der Waals surface area contributed by atoms with Gasteiger partial charge >= 0.3 is 0 Å². The lowest BCUT2D eigenvalue weighted by molar-refractivity contribution is 0.792. The van der Waals surface area contributed by atoms with Crippen molar-refractivity contribution in [2.45, 2.75) is 26.8 Å². The van der Waals surface area contributed by atoms with Crippen molar-refractivity contribution in [1.29, 1.82) is 0 Å². The number of H-pyrrole nitrogens is 1. The molecule has 0 amide bonds. The van der Waals surface area contributed by atoms with Crippen LogP contribution in [0, 0.1) is 13.8 Å². The summed E-state index contributed by atoms with van der Waals surface area (Å²) >= 11 is 0. The van der Waals surface area contributed by atoms with Gasteiger partial charge in [0.05, 0.1) is 6.04 Å². The predicted octanol–water partition coefficient (Wildman–Crippen LogP) is 1.99. The first-order chi connectivity index (χ1) is 7.65. The van der Waals surface area contributed by atoms with Gasteiger partial charge in [-0.05, 0) is 26.8 Å². The van der Waals surface area contributed by atoms with Crippen molar-refractivity contribution in [3.8, 4) is 0 Å². The Kier molecular flexibility index (Phi) is 2.85. The number of aromatic nitrogens is 4. The van der Waals surface area contributed by atoms with Crippen molar-refractivity contribution in [3.05, 3.63) is 35.7 Å². The maximum Gasteiger partial charge on any atom is 0.223 e. The van der Waals surface area contributed by atoms with Gasteiger partial charge in [0.1, 0.15) is 5.82 Å². The number of aryl methyl sites for hydroxylation is 2. The fourth-order valence-corrected chi connectivity index (χ4v) is 1.57. The molecule has 1 atom stereocenters. The van der Waals surface area contributed by atoms with E-state index >= 15 is 0 Å². The number of anilines is 1. The first-order valence-electron chi connectivity index (χ1n) is 5.23. The van der Waals surface area contributed by atoms with E-state index in [0.29, 0.717) is 5.95 Å². The van der Waals surface area contributed by atoms with Gasteiger partial charge in [-0.3, -0.25) is 0 Å². The Hall–Kier alpha value is -1.91. The molecule has 5 heteroatoms. The van der Waals surface area contributed by atoms with Crippen LogP contribution < -0.4 is 5.32 Å². The summed E-state index contributed by atoms with van der Waals surface area (Å²) in [5.74, 6) is 1.52. The molecule has 84 valence electrons. The number of hydrogen-bond donors (Lipinski definition) is 2. The summed E-state index contributed by atoms with van der Waals surface area (Å²) in [4.78, 5) is 15.9. The molecule has 0 saturated carbocycles. The molecule has 0 saturated heterocycles. The summed E-state index contributed by atoms with van der Waals surface area (Å²) in [5.41, 5.74) is 1.92. The van der Waals surface area contributed by atoms with Crippen LogP contribution in [0.25, 0.3) is 0 Å². The molecule has 16 heavy (non-hydrogen) atoms. The SMILES string of the molecule is Cc1cc(C)nc(NC(C)c2ncc[nH]2)n1. The van der Waals surface area contributed by atoms with Gasteiger partial charge in [0.2, 0.25) is 5.95 Å². The summed E-state index contributed by atoms with van der Waals surface area (Å²) in [6.07, 6.45) is 3.53. The Balaban J connectivity index is 2.15. The highest BCUT2D eigenvalue weighted by Gasteiger charge is 2.09. The monoisotopic (exact) mass is 217 g/mol. The van der Waals surface area contributed by atoms with Gasteiger partial charge in [0, 0.05) is 23.8 Å². The average molecular weight is 217 g/mol. The summed E-state index contributed by atoms with van der Waals surface area (Å²) in [7, 11) is 0. The fourth-order valence-electron chi connectivity index (χ4n) is 1.57. The summed E-state index contributed by atoms with van der Waals surface area (Å²) < 4.78 is 0. The molecule has 0 aliphatic rings. The molecular formula is C11H15N5. The first kappa shape index (κ1) is 10.6. The van der Waals surface area contributed by atoms with Crippen molar-refractivity contribution in [2.24, 2.45) is 0 Å². The molecule has 0 aliphatic heterocycles. The van der Waals surface area contributed by atoms with E-state index in [0.717, 1.165) is 17.2 Å². The zero-order valence-corrected chi connectivity index (χ0v) is 9.65. The van der Waals surface area contributed by atoms with E-state index < -0.39 is 0 Å². The minimum absolute atomic E-state index is 0.0659. The second kappa shape index (κ2) is 4.30. The van der Waals surface area contributed by atoms with Crippen molar-refractivity contribution >= 4 is 5.95 Å². The van der Waals surface area contributed by atoms with Gasteiger partial charge in [0.25, 0.3) is 0 Å². The molecule has 5 nitrogen and oxygen atoms in total. The predicted molar refractivity (Wildman–Crippen MR) is 62.1 cm³/mol. The Morgan fingerprint density at radius 2 is 1.94 bits per heavy atom. The molecule has 2 heterocycles. The highest BCUT2D eigenvalue weighted by molar-refractivity contribution is 5.30.